The van der Waals surface area contributed by atoms with Crippen LogP contribution in [0.5, 0.6) is 0 Å². The zero-order valence-electron chi connectivity index (χ0n) is 16.2. The molecule has 0 spiro atoms. The maximum Gasteiger partial charge on any atom is 0.338 e. The molecule has 1 aliphatic heterocycles. The molecule has 0 bridgehead atoms. The van der Waals surface area contributed by atoms with Gasteiger partial charge in [-0.05, 0) is 50.6 Å². The molecule has 2 N–H and O–H groups in total. The van der Waals surface area contributed by atoms with Crippen LogP contribution in [0, 0.1) is 5.82 Å². The summed E-state index contributed by atoms with van der Waals surface area (Å²) in [6, 6.07) is 4.69. The van der Waals surface area contributed by atoms with Gasteiger partial charge < -0.3 is 15.4 Å². The summed E-state index contributed by atoms with van der Waals surface area (Å²) in [5.41, 5.74) is 1.53. The van der Waals surface area contributed by atoms with Crippen molar-refractivity contribution in [3.05, 3.63) is 46.9 Å². The highest BCUT2D eigenvalue weighted by Crippen LogP contribution is 2.28. The van der Waals surface area contributed by atoms with Crippen LogP contribution in [0.4, 0.5) is 9.18 Å². The molecule has 1 aromatic carbocycles. The Hall–Kier alpha value is -2.41. The van der Waals surface area contributed by atoms with Crippen molar-refractivity contribution in [1.29, 1.82) is 0 Å². The Kier molecular flexibility index (Phi) is 7.79. The smallest absolute Gasteiger partial charge is 0.338 e. The summed E-state index contributed by atoms with van der Waals surface area (Å²) in [7, 11) is 0. The molecule has 1 aromatic rings. The number of amides is 2. The van der Waals surface area contributed by atoms with Gasteiger partial charge in [-0.1, -0.05) is 26.0 Å². The summed E-state index contributed by atoms with van der Waals surface area (Å²) in [4.78, 5) is 27.1. The summed E-state index contributed by atoms with van der Waals surface area (Å²) < 4.78 is 18.6. The van der Waals surface area contributed by atoms with Crippen LogP contribution >= 0.6 is 0 Å². The second-order valence-electron chi connectivity index (χ2n) is 6.47. The van der Waals surface area contributed by atoms with Crippen LogP contribution in [0.2, 0.25) is 0 Å². The highest BCUT2D eigenvalue weighted by Gasteiger charge is 2.34. The largest absolute Gasteiger partial charge is 0.463 e. The fourth-order valence-electron chi connectivity index (χ4n) is 3.22. The third-order valence-corrected chi connectivity index (χ3v) is 4.31. The number of hydrogen-bond donors (Lipinski definition) is 2. The third-order valence-electron chi connectivity index (χ3n) is 4.31. The number of rotatable bonds is 9. The first-order chi connectivity index (χ1) is 13.0. The standard InChI is InChI=1S/C20H28FN3O3/c1-4-11-24(12-5-2)13-16-17(19(25)27-6-3)18(23-20(26)22-16)14-7-9-15(21)10-8-14/h7-10,18H,4-6,11-13H2,1-3H3,(H2,22,23,26). The van der Waals surface area contributed by atoms with Gasteiger partial charge >= 0.3 is 12.0 Å². The first-order valence-corrected chi connectivity index (χ1v) is 9.45. The molecular formula is C20H28FN3O3. The summed E-state index contributed by atoms with van der Waals surface area (Å²) >= 11 is 0. The number of halogens is 1. The van der Waals surface area contributed by atoms with Crippen LogP contribution in [0.15, 0.2) is 35.5 Å². The van der Waals surface area contributed by atoms with E-state index < -0.39 is 12.0 Å². The van der Waals surface area contributed by atoms with Crippen molar-refractivity contribution in [3.63, 3.8) is 0 Å². The molecule has 1 heterocycles. The Bertz CT molecular complexity index is 682. The second-order valence-corrected chi connectivity index (χ2v) is 6.47. The predicted octanol–water partition coefficient (Wildman–Crippen LogP) is 3.12. The minimum atomic E-state index is -0.682. The Labute approximate surface area is 159 Å². The van der Waals surface area contributed by atoms with Crippen LogP contribution in [0.25, 0.3) is 0 Å². The lowest BCUT2D eigenvalue weighted by molar-refractivity contribution is -0.139. The van der Waals surface area contributed by atoms with E-state index in [9.17, 15) is 14.0 Å². The number of benzene rings is 1. The lowest BCUT2D eigenvalue weighted by atomic mass is 9.95. The van der Waals surface area contributed by atoms with Gasteiger partial charge in [0.15, 0.2) is 0 Å². The minimum absolute atomic E-state index is 0.229. The van der Waals surface area contributed by atoms with Crippen LogP contribution in [-0.2, 0) is 9.53 Å². The summed E-state index contributed by atoms with van der Waals surface area (Å²) in [6.45, 7) is 8.31. The molecule has 0 saturated heterocycles. The van der Waals surface area contributed by atoms with Crippen LogP contribution in [-0.4, -0.2) is 43.1 Å². The highest BCUT2D eigenvalue weighted by molar-refractivity contribution is 5.95. The molecule has 0 fully saturated rings. The van der Waals surface area contributed by atoms with E-state index in [0.717, 1.165) is 25.9 Å². The van der Waals surface area contributed by atoms with Gasteiger partial charge in [0.05, 0.1) is 18.2 Å². The minimum Gasteiger partial charge on any atom is -0.463 e. The van der Waals surface area contributed by atoms with E-state index in [2.05, 4.69) is 29.4 Å². The number of nitrogens with one attached hydrogen (secondary N) is 2. The van der Waals surface area contributed by atoms with Gasteiger partial charge in [-0.2, -0.15) is 0 Å². The normalized spacial score (nSPS) is 16.9. The van der Waals surface area contributed by atoms with Gasteiger partial charge in [0.1, 0.15) is 5.82 Å². The Morgan fingerprint density at radius 1 is 1.15 bits per heavy atom. The number of carbonyl (C=O) groups is 2. The van der Waals surface area contributed by atoms with Gasteiger partial charge in [-0.3, -0.25) is 4.90 Å². The van der Waals surface area contributed by atoms with Crippen molar-refractivity contribution in [3.8, 4) is 0 Å². The highest BCUT2D eigenvalue weighted by atomic mass is 19.1. The molecule has 27 heavy (non-hydrogen) atoms. The maximum atomic E-state index is 13.3. The fraction of sp³-hybridized carbons (Fsp3) is 0.500. The van der Waals surface area contributed by atoms with Crippen LogP contribution in [0.1, 0.15) is 45.2 Å². The molecule has 0 saturated carbocycles. The Balaban J connectivity index is 2.45. The van der Waals surface area contributed by atoms with Crippen molar-refractivity contribution in [2.24, 2.45) is 0 Å². The van der Waals surface area contributed by atoms with E-state index in [-0.39, 0.29) is 18.5 Å². The van der Waals surface area contributed by atoms with Crippen LogP contribution in [0.3, 0.4) is 0 Å². The van der Waals surface area contributed by atoms with Gasteiger partial charge in [0.25, 0.3) is 0 Å². The zero-order valence-corrected chi connectivity index (χ0v) is 16.2. The number of nitrogens with zero attached hydrogens (tertiary/aromatic N) is 1. The monoisotopic (exact) mass is 377 g/mol. The van der Waals surface area contributed by atoms with E-state index in [4.69, 9.17) is 4.74 Å². The molecule has 0 aromatic heterocycles. The van der Waals surface area contributed by atoms with Gasteiger partial charge in [0, 0.05) is 12.2 Å². The first kappa shape index (κ1) is 20.9. The number of esters is 1. The molecule has 1 atom stereocenters. The number of hydrogen-bond acceptors (Lipinski definition) is 4. The molecule has 2 amide bonds. The number of carbonyl (C=O) groups excluding carboxylic acids is 2. The van der Waals surface area contributed by atoms with E-state index in [1.807, 2.05) is 0 Å². The van der Waals surface area contributed by atoms with Crippen molar-refractivity contribution in [1.82, 2.24) is 15.5 Å². The Morgan fingerprint density at radius 3 is 2.33 bits per heavy atom. The third kappa shape index (κ3) is 5.53. The fourth-order valence-corrected chi connectivity index (χ4v) is 3.22. The first-order valence-electron chi connectivity index (χ1n) is 9.45. The topological polar surface area (TPSA) is 70.7 Å². The SMILES string of the molecule is CCCN(CCC)CC1=C(C(=O)OCC)C(c2ccc(F)cc2)NC(=O)N1. The average Bonchev–Trinajstić information content (AvgIpc) is 2.62. The van der Waals surface area contributed by atoms with Crippen molar-refractivity contribution in [2.75, 3.05) is 26.2 Å². The van der Waals surface area contributed by atoms with E-state index >= 15 is 0 Å². The Morgan fingerprint density at radius 2 is 1.78 bits per heavy atom. The van der Waals surface area contributed by atoms with E-state index in [1.54, 1.807) is 19.1 Å². The molecule has 0 radical (unpaired) electrons. The summed E-state index contributed by atoms with van der Waals surface area (Å²) in [5, 5.41) is 5.54. The molecule has 6 nitrogen and oxygen atoms in total. The zero-order chi connectivity index (χ0) is 19.8. The second kappa shape index (κ2) is 10.1. The molecule has 148 valence electrons. The van der Waals surface area contributed by atoms with E-state index in [1.165, 1.54) is 12.1 Å². The van der Waals surface area contributed by atoms with Crippen molar-refractivity contribution < 1.29 is 18.7 Å². The number of urea groups is 1. The molecule has 1 unspecified atom stereocenters. The average molecular weight is 377 g/mol. The van der Waals surface area contributed by atoms with E-state index in [0.29, 0.717) is 23.4 Å². The predicted molar refractivity (Wildman–Crippen MR) is 101 cm³/mol. The summed E-state index contributed by atoms with van der Waals surface area (Å²) in [6.07, 6.45) is 1.94. The maximum absolute atomic E-state index is 13.3. The molecule has 0 aliphatic carbocycles. The van der Waals surface area contributed by atoms with Crippen molar-refractivity contribution >= 4 is 12.0 Å². The van der Waals surface area contributed by atoms with Gasteiger partial charge in [0.2, 0.25) is 0 Å². The van der Waals surface area contributed by atoms with Gasteiger partial charge in [-0.25, -0.2) is 14.0 Å². The molecule has 1 aliphatic rings. The molecule has 2 rings (SSSR count). The van der Waals surface area contributed by atoms with Crippen LogP contribution < -0.4 is 10.6 Å². The quantitative estimate of drug-likeness (QED) is 0.649. The van der Waals surface area contributed by atoms with Crippen molar-refractivity contribution in [2.45, 2.75) is 39.7 Å². The number of ether oxygens (including phenoxy) is 1. The molecular weight excluding hydrogens is 349 g/mol. The van der Waals surface area contributed by atoms with Gasteiger partial charge in [-0.15, -0.1) is 0 Å². The lowest BCUT2D eigenvalue weighted by Gasteiger charge is -2.32. The summed E-state index contributed by atoms with van der Waals surface area (Å²) in [5.74, 6) is -0.861. The molecule has 7 heteroatoms. The lowest BCUT2D eigenvalue weighted by Crippen LogP contribution is -2.48.